The van der Waals surface area contributed by atoms with Crippen molar-refractivity contribution in [3.63, 3.8) is 0 Å². The summed E-state index contributed by atoms with van der Waals surface area (Å²) < 4.78 is 33.7. The van der Waals surface area contributed by atoms with Gasteiger partial charge in [0.2, 0.25) is 10.0 Å². The quantitative estimate of drug-likeness (QED) is 0.742. The Morgan fingerprint density at radius 2 is 2.20 bits per heavy atom. The Morgan fingerprint density at radius 1 is 1.44 bits per heavy atom. The van der Waals surface area contributed by atoms with Crippen LogP contribution >= 0.6 is 11.6 Å². The summed E-state index contributed by atoms with van der Waals surface area (Å²) in [4.78, 5) is 0. The zero-order valence-corrected chi connectivity index (χ0v) is 16.0. The molecule has 0 saturated carbocycles. The monoisotopic (exact) mass is 388 g/mol. The molecule has 1 atom stereocenters. The molecular formula is C14H21ClN6O3S. The van der Waals surface area contributed by atoms with E-state index in [-0.39, 0.29) is 6.10 Å². The summed E-state index contributed by atoms with van der Waals surface area (Å²) in [5.74, 6) is 0. The molecule has 0 N–H and O–H groups in total. The van der Waals surface area contributed by atoms with E-state index in [2.05, 4.69) is 15.4 Å². The first-order valence-corrected chi connectivity index (χ1v) is 10.2. The Hall–Kier alpha value is -1.49. The molecule has 25 heavy (non-hydrogen) atoms. The van der Waals surface area contributed by atoms with Crippen LogP contribution in [0.4, 0.5) is 0 Å². The summed E-state index contributed by atoms with van der Waals surface area (Å²) in [5, 5.41) is 13.2. The molecule has 1 aliphatic rings. The van der Waals surface area contributed by atoms with E-state index in [9.17, 15) is 8.42 Å². The number of aryl methyl sites for hydroxylation is 2. The molecule has 0 unspecified atom stereocenters. The molecule has 3 heterocycles. The normalized spacial score (nSPS) is 19.4. The third-order valence-corrected chi connectivity index (χ3v) is 5.84. The van der Waals surface area contributed by atoms with Crippen LogP contribution in [-0.2, 0) is 34.8 Å². The molecule has 1 saturated heterocycles. The van der Waals surface area contributed by atoms with Crippen LogP contribution in [0.1, 0.15) is 12.6 Å². The number of halogens is 1. The van der Waals surface area contributed by atoms with Crippen LogP contribution in [0.2, 0.25) is 5.15 Å². The van der Waals surface area contributed by atoms with Gasteiger partial charge in [-0.05, 0) is 6.42 Å². The molecule has 1 fully saturated rings. The molecule has 138 valence electrons. The minimum atomic E-state index is -3.22. The van der Waals surface area contributed by atoms with Crippen molar-refractivity contribution < 1.29 is 13.2 Å². The fourth-order valence-electron chi connectivity index (χ4n) is 2.87. The Bertz CT molecular complexity index is 862. The predicted molar refractivity (Wildman–Crippen MR) is 92.8 cm³/mol. The fourth-order valence-corrected chi connectivity index (χ4v) is 3.96. The highest BCUT2D eigenvalue weighted by Crippen LogP contribution is 2.29. The maximum Gasteiger partial charge on any atom is 0.211 e. The second-order valence-electron chi connectivity index (χ2n) is 6.03. The lowest BCUT2D eigenvalue weighted by atomic mass is 10.1. The van der Waals surface area contributed by atoms with Gasteiger partial charge < -0.3 is 4.74 Å². The molecule has 0 radical (unpaired) electrons. The highest BCUT2D eigenvalue weighted by molar-refractivity contribution is 7.88. The molecule has 11 heteroatoms. The Morgan fingerprint density at radius 3 is 2.88 bits per heavy atom. The first kappa shape index (κ1) is 18.3. The molecule has 0 spiro atoms. The summed E-state index contributed by atoms with van der Waals surface area (Å²) in [7, 11) is -1.44. The van der Waals surface area contributed by atoms with Crippen molar-refractivity contribution in [2.45, 2.75) is 26.0 Å². The van der Waals surface area contributed by atoms with E-state index in [0.29, 0.717) is 37.1 Å². The molecule has 9 nitrogen and oxygen atoms in total. The maximum atomic E-state index is 11.7. The first-order valence-electron chi connectivity index (χ1n) is 7.98. The number of hydrogen-bond acceptors (Lipinski definition) is 6. The molecule has 0 bridgehead atoms. The number of hydrogen-bond donors (Lipinski definition) is 0. The number of sulfonamides is 1. The molecule has 0 aromatic carbocycles. The van der Waals surface area contributed by atoms with Crippen LogP contribution in [0.3, 0.4) is 0 Å². The van der Waals surface area contributed by atoms with Crippen molar-refractivity contribution in [2.75, 3.05) is 26.0 Å². The first-order chi connectivity index (χ1) is 11.8. The van der Waals surface area contributed by atoms with Gasteiger partial charge in [-0.15, -0.1) is 5.10 Å². The van der Waals surface area contributed by atoms with E-state index >= 15 is 0 Å². The second kappa shape index (κ2) is 7.02. The van der Waals surface area contributed by atoms with Gasteiger partial charge in [-0.3, -0.25) is 4.68 Å². The number of ether oxygens (including phenoxy) is 1. The average molecular weight is 389 g/mol. The number of nitrogens with zero attached hydrogens (tertiary/aromatic N) is 6. The van der Waals surface area contributed by atoms with Gasteiger partial charge in [-0.2, -0.15) is 9.40 Å². The van der Waals surface area contributed by atoms with E-state index in [4.69, 9.17) is 16.3 Å². The number of rotatable bonds is 5. The van der Waals surface area contributed by atoms with Gasteiger partial charge in [0.1, 0.15) is 10.8 Å². The highest BCUT2D eigenvalue weighted by Gasteiger charge is 2.27. The molecule has 3 rings (SSSR count). The van der Waals surface area contributed by atoms with Crippen LogP contribution < -0.4 is 0 Å². The lowest BCUT2D eigenvalue weighted by Gasteiger charge is -2.30. The summed E-state index contributed by atoms with van der Waals surface area (Å²) in [6.07, 6.45) is 3.45. The number of morpholine rings is 1. The third-order valence-electron chi connectivity index (χ3n) is 4.14. The van der Waals surface area contributed by atoms with Gasteiger partial charge in [-0.25, -0.2) is 13.1 Å². The molecule has 2 aromatic heterocycles. The summed E-state index contributed by atoms with van der Waals surface area (Å²) in [5.41, 5.74) is 2.28. The van der Waals surface area contributed by atoms with E-state index in [1.807, 2.05) is 6.92 Å². The van der Waals surface area contributed by atoms with Gasteiger partial charge in [0.15, 0.2) is 0 Å². The van der Waals surface area contributed by atoms with Crippen LogP contribution in [0, 0.1) is 0 Å². The average Bonchev–Trinajstić information content (AvgIpc) is 3.11. The van der Waals surface area contributed by atoms with Crippen LogP contribution in [0.25, 0.3) is 11.3 Å². The largest absolute Gasteiger partial charge is 0.374 e. The van der Waals surface area contributed by atoms with Gasteiger partial charge in [-0.1, -0.05) is 23.7 Å². The Labute approximate surface area is 151 Å². The molecular weight excluding hydrogens is 368 g/mol. The predicted octanol–water partition coefficient (Wildman–Crippen LogP) is 0.555. The van der Waals surface area contributed by atoms with Crippen molar-refractivity contribution in [3.05, 3.63) is 17.0 Å². The second-order valence-corrected chi connectivity index (χ2v) is 8.37. The SMILES string of the molecule is CCc1nn(C)c(Cl)c1-c1cn(C[C@@H]2CN(S(C)(=O)=O)CCO2)nn1. The van der Waals surface area contributed by atoms with Gasteiger partial charge in [0.25, 0.3) is 0 Å². The zero-order chi connectivity index (χ0) is 18.2. The van der Waals surface area contributed by atoms with Crippen molar-refractivity contribution >= 4 is 21.6 Å². The zero-order valence-electron chi connectivity index (χ0n) is 14.4. The van der Waals surface area contributed by atoms with Crippen LogP contribution in [-0.4, -0.2) is 69.6 Å². The van der Waals surface area contributed by atoms with Crippen LogP contribution in [0.5, 0.6) is 0 Å². The van der Waals surface area contributed by atoms with Gasteiger partial charge >= 0.3 is 0 Å². The van der Waals surface area contributed by atoms with Crippen molar-refractivity contribution in [3.8, 4) is 11.3 Å². The fraction of sp³-hybridized carbons (Fsp3) is 0.643. The molecule has 0 aliphatic carbocycles. The van der Waals surface area contributed by atoms with E-state index < -0.39 is 10.0 Å². The smallest absolute Gasteiger partial charge is 0.211 e. The van der Waals surface area contributed by atoms with E-state index in [1.165, 1.54) is 10.6 Å². The summed E-state index contributed by atoms with van der Waals surface area (Å²) in [6, 6.07) is 0. The Kier molecular flexibility index (Phi) is 5.14. The van der Waals surface area contributed by atoms with Crippen molar-refractivity contribution in [1.82, 2.24) is 29.1 Å². The molecule has 1 aliphatic heterocycles. The topological polar surface area (TPSA) is 95.1 Å². The lowest BCUT2D eigenvalue weighted by molar-refractivity contribution is -0.0120. The minimum Gasteiger partial charge on any atom is -0.374 e. The highest BCUT2D eigenvalue weighted by atomic mass is 35.5. The van der Waals surface area contributed by atoms with Crippen LogP contribution in [0.15, 0.2) is 6.20 Å². The van der Waals surface area contributed by atoms with E-state index in [1.54, 1.807) is 22.6 Å². The van der Waals surface area contributed by atoms with Crippen molar-refractivity contribution in [2.24, 2.45) is 7.05 Å². The summed E-state index contributed by atoms with van der Waals surface area (Å²) in [6.45, 7) is 3.47. The Balaban J connectivity index is 1.76. The van der Waals surface area contributed by atoms with E-state index in [0.717, 1.165) is 17.7 Å². The molecule has 0 amide bonds. The summed E-state index contributed by atoms with van der Waals surface area (Å²) >= 11 is 6.32. The maximum absolute atomic E-state index is 11.7. The molecule has 2 aromatic rings. The third kappa shape index (κ3) is 3.86. The van der Waals surface area contributed by atoms with Gasteiger partial charge in [0.05, 0.1) is 43.0 Å². The number of aromatic nitrogens is 5. The van der Waals surface area contributed by atoms with Gasteiger partial charge in [0, 0.05) is 20.1 Å². The lowest BCUT2D eigenvalue weighted by Crippen LogP contribution is -2.46. The minimum absolute atomic E-state index is 0.270. The van der Waals surface area contributed by atoms with Crippen molar-refractivity contribution in [1.29, 1.82) is 0 Å². The standard InChI is InChI=1S/C14H21ClN6O3S/c1-4-11-13(14(15)19(2)17-11)12-9-20(18-16-12)7-10-8-21(5-6-24-10)25(3,22)23/h9-10H,4-8H2,1-3H3/t10-/m1/s1.